The summed E-state index contributed by atoms with van der Waals surface area (Å²) in [7, 11) is 5.95. The van der Waals surface area contributed by atoms with Crippen LogP contribution in [0.25, 0.3) is 33.5 Å². The number of aromatic nitrogens is 3. The minimum Gasteiger partial charge on any atom is -0.494 e. The lowest BCUT2D eigenvalue weighted by molar-refractivity contribution is 0.0700. The highest BCUT2D eigenvalue weighted by molar-refractivity contribution is 6.00. The number of anilines is 1. The molecule has 4 aromatic rings. The Morgan fingerprint density at radius 1 is 1.07 bits per heavy atom. The summed E-state index contributed by atoms with van der Waals surface area (Å²) in [5, 5.41) is 1.25. The minimum absolute atomic E-state index is 0.0336. The Kier molecular flexibility index (Phi) is 6.07. The summed E-state index contributed by atoms with van der Waals surface area (Å²) in [6.45, 7) is 2.84. The molecule has 1 saturated heterocycles. The van der Waals surface area contributed by atoms with Crippen molar-refractivity contribution in [2.75, 3.05) is 32.1 Å². The molecular formula is C34H42N6O2. The number of carbonyl (C=O) groups is 1. The van der Waals surface area contributed by atoms with E-state index in [1.165, 1.54) is 48.7 Å². The number of likely N-dealkylation sites (tertiary alicyclic amines) is 1. The number of hydrogen-bond acceptors (Lipinski definition) is 5. The number of methoxy groups -OCH3 is 1. The number of nitrogens with zero attached hydrogens (tertiary/aromatic N) is 5. The molecule has 3 aliphatic carbocycles. The topological polar surface area (TPSA) is 81.6 Å². The van der Waals surface area contributed by atoms with Crippen LogP contribution in [-0.4, -0.2) is 64.3 Å². The first-order valence-corrected chi connectivity index (χ1v) is 15.9. The molecule has 2 aromatic heterocycles. The van der Waals surface area contributed by atoms with Gasteiger partial charge in [0.2, 0.25) is 0 Å². The highest BCUT2D eigenvalue weighted by Crippen LogP contribution is 2.41. The molecule has 8 rings (SSSR count). The summed E-state index contributed by atoms with van der Waals surface area (Å²) in [5.74, 6) is 3.67. The lowest BCUT2D eigenvalue weighted by atomic mass is 10.1. The van der Waals surface area contributed by atoms with Crippen molar-refractivity contribution >= 4 is 33.5 Å². The molecule has 2 bridgehead atoms. The average molecular weight is 567 g/mol. The third-order valence-corrected chi connectivity index (χ3v) is 10.6. The molecule has 42 heavy (non-hydrogen) atoms. The van der Waals surface area contributed by atoms with Gasteiger partial charge in [0.25, 0.3) is 5.91 Å². The van der Waals surface area contributed by atoms with Gasteiger partial charge >= 0.3 is 0 Å². The van der Waals surface area contributed by atoms with E-state index in [1.54, 1.807) is 7.11 Å². The van der Waals surface area contributed by atoms with E-state index in [9.17, 15) is 4.79 Å². The molecule has 4 aliphatic rings. The molecular weight excluding hydrogens is 524 g/mol. The summed E-state index contributed by atoms with van der Waals surface area (Å²) in [6.07, 6.45) is 8.75. The molecule has 220 valence electrons. The average Bonchev–Trinajstić information content (AvgIpc) is 3.90. The lowest BCUT2D eigenvalue weighted by Crippen LogP contribution is -2.41. The second kappa shape index (κ2) is 9.76. The van der Waals surface area contributed by atoms with Crippen LogP contribution in [0, 0.1) is 17.8 Å². The van der Waals surface area contributed by atoms with Crippen molar-refractivity contribution in [3.8, 4) is 17.3 Å². The van der Waals surface area contributed by atoms with Gasteiger partial charge in [-0.1, -0.05) is 12.8 Å². The molecule has 2 N–H and O–H groups in total. The summed E-state index contributed by atoms with van der Waals surface area (Å²) in [4.78, 5) is 23.3. The molecule has 8 heteroatoms. The predicted molar refractivity (Wildman–Crippen MR) is 167 cm³/mol. The number of carbonyl (C=O) groups excluding carboxylic acids is 1. The normalized spacial score (nSPS) is 23.4. The summed E-state index contributed by atoms with van der Waals surface area (Å²) < 4.78 is 10.5. The fourth-order valence-electron chi connectivity index (χ4n) is 7.61. The Hall–Kier alpha value is -3.52. The van der Waals surface area contributed by atoms with E-state index in [1.807, 2.05) is 17.0 Å². The van der Waals surface area contributed by atoms with Crippen molar-refractivity contribution in [1.82, 2.24) is 19.0 Å². The number of hydrogen-bond donors (Lipinski definition) is 1. The van der Waals surface area contributed by atoms with Gasteiger partial charge < -0.3 is 29.4 Å². The summed E-state index contributed by atoms with van der Waals surface area (Å²) in [5.41, 5.74) is 12.4. The zero-order valence-electron chi connectivity index (χ0n) is 25.1. The maximum Gasteiger partial charge on any atom is 0.254 e. The van der Waals surface area contributed by atoms with E-state index >= 15 is 0 Å². The largest absolute Gasteiger partial charge is 0.494 e. The van der Waals surface area contributed by atoms with Crippen LogP contribution in [0.15, 0.2) is 36.4 Å². The van der Waals surface area contributed by atoms with Gasteiger partial charge in [-0.05, 0) is 86.3 Å². The molecule has 3 heterocycles. The monoisotopic (exact) mass is 566 g/mol. The van der Waals surface area contributed by atoms with Crippen molar-refractivity contribution in [1.29, 1.82) is 0 Å². The lowest BCUT2D eigenvalue weighted by Gasteiger charge is -2.27. The Morgan fingerprint density at radius 2 is 1.88 bits per heavy atom. The Labute approximate surface area is 247 Å². The van der Waals surface area contributed by atoms with Crippen LogP contribution < -0.4 is 15.4 Å². The number of benzene rings is 2. The van der Waals surface area contributed by atoms with Crippen molar-refractivity contribution in [2.24, 2.45) is 30.5 Å². The number of piperidine rings is 1. The number of aryl methyl sites for hydroxylation is 1. The van der Waals surface area contributed by atoms with Gasteiger partial charge in [0, 0.05) is 68.0 Å². The highest BCUT2D eigenvalue weighted by atomic mass is 16.5. The Bertz CT molecular complexity index is 1700. The molecule has 0 spiro atoms. The van der Waals surface area contributed by atoms with Crippen LogP contribution >= 0.6 is 0 Å². The minimum atomic E-state index is 0.0336. The van der Waals surface area contributed by atoms with Gasteiger partial charge in [0.15, 0.2) is 5.82 Å². The number of imidazole rings is 1. The van der Waals surface area contributed by atoms with Crippen molar-refractivity contribution < 1.29 is 9.53 Å². The van der Waals surface area contributed by atoms with Gasteiger partial charge in [0.05, 0.1) is 18.3 Å². The quantitative estimate of drug-likeness (QED) is 0.293. The van der Waals surface area contributed by atoms with Gasteiger partial charge in [-0.15, -0.1) is 0 Å². The van der Waals surface area contributed by atoms with Crippen LogP contribution in [0.3, 0.4) is 0 Å². The van der Waals surface area contributed by atoms with Crippen LogP contribution in [0.2, 0.25) is 0 Å². The molecule has 1 amide bonds. The fourth-order valence-corrected chi connectivity index (χ4v) is 7.61. The smallest absolute Gasteiger partial charge is 0.254 e. The molecule has 1 unspecified atom stereocenters. The van der Waals surface area contributed by atoms with Gasteiger partial charge in [-0.2, -0.15) is 0 Å². The van der Waals surface area contributed by atoms with E-state index in [2.05, 4.69) is 52.4 Å². The number of amides is 1. The zero-order chi connectivity index (χ0) is 28.7. The number of nitrogens with two attached hydrogens (primary N) is 1. The SMILES string of the molecule is COc1cc(C(=O)N2C[C@H]3CCC2[C@@H]3N)cc2nc(-c3cc4cc(N(C)CCC5CC5)ccc4n3CC3CC3)n(C)c12. The van der Waals surface area contributed by atoms with Crippen molar-refractivity contribution in [3.05, 3.63) is 42.0 Å². The first-order valence-electron chi connectivity index (χ1n) is 15.9. The molecule has 2 aromatic carbocycles. The summed E-state index contributed by atoms with van der Waals surface area (Å²) in [6, 6.07) is 13.3. The van der Waals surface area contributed by atoms with Crippen LogP contribution in [0.4, 0.5) is 5.69 Å². The maximum absolute atomic E-state index is 13.7. The van der Waals surface area contributed by atoms with E-state index in [0.29, 0.717) is 17.2 Å². The third kappa shape index (κ3) is 4.29. The Morgan fingerprint density at radius 3 is 2.57 bits per heavy atom. The van der Waals surface area contributed by atoms with E-state index in [4.69, 9.17) is 15.5 Å². The number of fused-ring (bicyclic) bond motifs is 4. The second-order valence-corrected chi connectivity index (χ2v) is 13.5. The number of rotatable bonds is 9. The van der Waals surface area contributed by atoms with Gasteiger partial charge in [0.1, 0.15) is 11.3 Å². The van der Waals surface area contributed by atoms with E-state index in [0.717, 1.165) is 66.9 Å². The first-order chi connectivity index (χ1) is 20.4. The molecule has 0 radical (unpaired) electrons. The van der Waals surface area contributed by atoms with Crippen molar-refractivity contribution in [3.63, 3.8) is 0 Å². The van der Waals surface area contributed by atoms with Crippen LogP contribution in [0.5, 0.6) is 5.75 Å². The molecule has 8 nitrogen and oxygen atoms in total. The standard InChI is InChI=1S/C34H42N6O2/c1-37(13-12-20-4-5-20)25-9-11-27-23(14-25)16-29(39(27)18-21-6-7-21)33-36-26-15-24(17-30(42-3)32(26)38(33)2)34(41)40-19-22-8-10-28(40)31(22)35/h9,11,14-17,20-22,28,31H,4-8,10,12-13,18-19,35H2,1-3H3/t22-,28?,31-/m1/s1. The molecule has 3 atom stereocenters. The second-order valence-electron chi connectivity index (χ2n) is 13.5. The third-order valence-electron chi connectivity index (χ3n) is 10.6. The molecule has 3 saturated carbocycles. The molecule has 1 aliphatic heterocycles. The first kappa shape index (κ1) is 26.1. The highest BCUT2D eigenvalue weighted by Gasteiger charge is 2.47. The van der Waals surface area contributed by atoms with Gasteiger partial charge in [-0.25, -0.2) is 4.98 Å². The zero-order valence-corrected chi connectivity index (χ0v) is 25.1. The van der Waals surface area contributed by atoms with Gasteiger partial charge in [-0.3, -0.25) is 4.79 Å². The van der Waals surface area contributed by atoms with Crippen molar-refractivity contribution in [2.45, 2.75) is 63.6 Å². The Balaban J connectivity index is 1.19. The number of ether oxygens (including phenoxy) is 1. The molecule has 4 fully saturated rings. The van der Waals surface area contributed by atoms with Crippen LogP contribution in [-0.2, 0) is 13.6 Å². The predicted octanol–water partition coefficient (Wildman–Crippen LogP) is 5.41. The maximum atomic E-state index is 13.7. The van der Waals surface area contributed by atoms with E-state index in [-0.39, 0.29) is 18.0 Å². The van der Waals surface area contributed by atoms with E-state index < -0.39 is 0 Å². The van der Waals surface area contributed by atoms with Crippen LogP contribution in [0.1, 0.15) is 55.3 Å². The fraction of sp³-hybridized carbons (Fsp3) is 0.529. The summed E-state index contributed by atoms with van der Waals surface area (Å²) >= 11 is 0.